The topological polar surface area (TPSA) is 66.6 Å². The maximum atomic E-state index is 12.0. The molecule has 2 heterocycles. The van der Waals surface area contributed by atoms with Crippen molar-refractivity contribution in [2.45, 2.75) is 18.9 Å². The van der Waals surface area contributed by atoms with Crippen LogP contribution in [0.1, 0.15) is 12.1 Å². The van der Waals surface area contributed by atoms with Gasteiger partial charge in [0, 0.05) is 18.5 Å². The van der Waals surface area contributed by atoms with E-state index >= 15 is 0 Å². The van der Waals surface area contributed by atoms with Crippen molar-refractivity contribution in [3.05, 3.63) is 30.0 Å². The average Bonchev–Trinajstić information content (AvgIpc) is 2.97. The summed E-state index contributed by atoms with van der Waals surface area (Å²) in [5.41, 5.74) is 1.36. The highest BCUT2D eigenvalue weighted by molar-refractivity contribution is 5.86. The summed E-state index contributed by atoms with van der Waals surface area (Å²) in [5.74, 6) is -0.00870. The van der Waals surface area contributed by atoms with Crippen molar-refractivity contribution >= 4 is 16.9 Å². The monoisotopic (exact) mass is 246 g/mol. The number of fused-ring (bicyclic) bond motifs is 1. The highest BCUT2D eigenvalue weighted by atomic mass is 16.5. The number of carbonyl (C=O) groups is 1. The molecule has 94 valence electrons. The third kappa shape index (κ3) is 1.97. The van der Waals surface area contributed by atoms with Crippen molar-refractivity contribution in [2.24, 2.45) is 0 Å². The Hall–Kier alpha value is -1.88. The summed E-state index contributed by atoms with van der Waals surface area (Å²) < 4.78 is 5.16. The highest BCUT2D eigenvalue weighted by Crippen LogP contribution is 2.19. The maximum absolute atomic E-state index is 12.0. The normalized spacial score (nSPS) is 19.6. The standard InChI is InChI=1S/C13H14N2O3/c16-9-5-6-15(8-9)13(17)7-11-10-3-1-2-4-12(10)18-14-11/h1-4,9,16H,5-8H2/t9-/m1/s1. The Balaban J connectivity index is 1.78. The van der Waals surface area contributed by atoms with Crippen LogP contribution in [0.15, 0.2) is 28.8 Å². The first kappa shape index (κ1) is 11.2. The zero-order valence-corrected chi connectivity index (χ0v) is 9.87. The Kier molecular flexibility index (Phi) is 2.76. The molecule has 1 amide bonds. The Morgan fingerprint density at radius 1 is 1.50 bits per heavy atom. The molecule has 1 saturated heterocycles. The van der Waals surface area contributed by atoms with E-state index in [-0.39, 0.29) is 18.4 Å². The number of hydrogen-bond acceptors (Lipinski definition) is 4. The van der Waals surface area contributed by atoms with Crippen LogP contribution in [0.3, 0.4) is 0 Å². The SMILES string of the molecule is O=C(Cc1noc2ccccc12)N1CC[C@@H](O)C1. The van der Waals surface area contributed by atoms with Crippen LogP contribution in [0.5, 0.6) is 0 Å². The van der Waals surface area contributed by atoms with Gasteiger partial charge in [0.05, 0.1) is 12.5 Å². The second kappa shape index (κ2) is 4.42. The number of nitrogens with zero attached hydrogens (tertiary/aromatic N) is 2. The lowest BCUT2D eigenvalue weighted by molar-refractivity contribution is -0.129. The van der Waals surface area contributed by atoms with Crippen molar-refractivity contribution in [1.82, 2.24) is 10.1 Å². The van der Waals surface area contributed by atoms with Crippen LogP contribution in [0.25, 0.3) is 11.0 Å². The van der Waals surface area contributed by atoms with E-state index in [1.54, 1.807) is 4.90 Å². The van der Waals surface area contributed by atoms with E-state index in [0.717, 1.165) is 5.39 Å². The lowest BCUT2D eigenvalue weighted by atomic mass is 10.1. The number of aromatic nitrogens is 1. The summed E-state index contributed by atoms with van der Waals surface area (Å²) in [6, 6.07) is 7.49. The summed E-state index contributed by atoms with van der Waals surface area (Å²) >= 11 is 0. The third-order valence-electron chi connectivity index (χ3n) is 3.29. The van der Waals surface area contributed by atoms with Gasteiger partial charge < -0.3 is 14.5 Å². The van der Waals surface area contributed by atoms with Gasteiger partial charge in [0.1, 0.15) is 5.69 Å². The zero-order chi connectivity index (χ0) is 12.5. The number of hydrogen-bond donors (Lipinski definition) is 1. The second-order valence-electron chi connectivity index (χ2n) is 4.58. The highest BCUT2D eigenvalue weighted by Gasteiger charge is 2.25. The zero-order valence-electron chi connectivity index (χ0n) is 9.87. The van der Waals surface area contributed by atoms with Gasteiger partial charge in [-0.25, -0.2) is 0 Å². The van der Waals surface area contributed by atoms with Crippen molar-refractivity contribution in [1.29, 1.82) is 0 Å². The van der Waals surface area contributed by atoms with Gasteiger partial charge in [-0.15, -0.1) is 0 Å². The summed E-state index contributed by atoms with van der Waals surface area (Å²) in [4.78, 5) is 13.7. The molecule has 1 N–H and O–H groups in total. The molecule has 1 aromatic heterocycles. The third-order valence-corrected chi connectivity index (χ3v) is 3.29. The quantitative estimate of drug-likeness (QED) is 0.857. The van der Waals surface area contributed by atoms with E-state index in [1.807, 2.05) is 24.3 Å². The molecular formula is C13H14N2O3. The van der Waals surface area contributed by atoms with Gasteiger partial charge in [0.15, 0.2) is 5.58 Å². The van der Waals surface area contributed by atoms with Gasteiger partial charge in [0.2, 0.25) is 5.91 Å². The molecule has 2 aromatic rings. The van der Waals surface area contributed by atoms with E-state index < -0.39 is 0 Å². The number of β-amino-alcohol motifs (C(OH)–C–C–N with tert-alkyl or cyclic N) is 1. The van der Waals surface area contributed by atoms with Crippen LogP contribution in [0.4, 0.5) is 0 Å². The van der Waals surface area contributed by atoms with Crippen molar-refractivity contribution in [3.63, 3.8) is 0 Å². The number of carbonyl (C=O) groups excluding carboxylic acids is 1. The Morgan fingerprint density at radius 3 is 3.11 bits per heavy atom. The molecule has 1 aliphatic rings. The van der Waals surface area contributed by atoms with Crippen molar-refractivity contribution < 1.29 is 14.4 Å². The first-order valence-corrected chi connectivity index (χ1v) is 6.03. The van der Waals surface area contributed by atoms with Crippen LogP contribution in [0, 0.1) is 0 Å². The summed E-state index contributed by atoms with van der Waals surface area (Å²) in [6.07, 6.45) is 0.498. The molecule has 1 aromatic carbocycles. The molecule has 0 bridgehead atoms. The van der Waals surface area contributed by atoms with Crippen LogP contribution in [0.2, 0.25) is 0 Å². The Labute approximate surface area is 104 Å². The lowest BCUT2D eigenvalue weighted by Gasteiger charge is -2.14. The first-order chi connectivity index (χ1) is 8.74. The number of likely N-dealkylation sites (tertiary alicyclic amines) is 1. The Morgan fingerprint density at radius 2 is 2.33 bits per heavy atom. The first-order valence-electron chi connectivity index (χ1n) is 6.03. The van der Waals surface area contributed by atoms with Crippen molar-refractivity contribution in [2.75, 3.05) is 13.1 Å². The van der Waals surface area contributed by atoms with Gasteiger partial charge in [-0.05, 0) is 18.6 Å². The summed E-state index contributed by atoms with van der Waals surface area (Å²) in [6.45, 7) is 1.05. The van der Waals surface area contributed by atoms with E-state index in [0.29, 0.717) is 30.8 Å². The average molecular weight is 246 g/mol. The molecule has 0 unspecified atom stereocenters. The molecular weight excluding hydrogens is 232 g/mol. The van der Waals surface area contributed by atoms with Crippen molar-refractivity contribution in [3.8, 4) is 0 Å². The van der Waals surface area contributed by atoms with Crippen LogP contribution in [-0.2, 0) is 11.2 Å². The summed E-state index contributed by atoms with van der Waals surface area (Å²) in [5, 5.41) is 14.2. The van der Waals surface area contributed by atoms with E-state index in [2.05, 4.69) is 5.16 Å². The summed E-state index contributed by atoms with van der Waals surface area (Å²) in [7, 11) is 0. The second-order valence-corrected chi connectivity index (χ2v) is 4.58. The predicted molar refractivity (Wildman–Crippen MR) is 64.9 cm³/mol. The fraction of sp³-hybridized carbons (Fsp3) is 0.385. The largest absolute Gasteiger partial charge is 0.391 e. The molecule has 0 aliphatic carbocycles. The fourth-order valence-corrected chi connectivity index (χ4v) is 2.29. The molecule has 0 saturated carbocycles. The van der Waals surface area contributed by atoms with Crippen LogP contribution in [-0.4, -0.2) is 40.3 Å². The molecule has 1 fully saturated rings. The number of para-hydroxylation sites is 1. The van der Waals surface area contributed by atoms with Crippen LogP contribution < -0.4 is 0 Å². The minimum absolute atomic E-state index is 0.00870. The molecule has 18 heavy (non-hydrogen) atoms. The van der Waals surface area contributed by atoms with Gasteiger partial charge >= 0.3 is 0 Å². The maximum Gasteiger partial charge on any atom is 0.228 e. The smallest absolute Gasteiger partial charge is 0.228 e. The minimum atomic E-state index is -0.386. The molecule has 1 aliphatic heterocycles. The number of benzene rings is 1. The van der Waals surface area contributed by atoms with Crippen LogP contribution >= 0.6 is 0 Å². The number of amides is 1. The number of rotatable bonds is 2. The lowest BCUT2D eigenvalue weighted by Crippen LogP contribution is -2.30. The van der Waals surface area contributed by atoms with Gasteiger partial charge in [-0.3, -0.25) is 4.79 Å². The molecule has 5 heteroatoms. The minimum Gasteiger partial charge on any atom is -0.391 e. The molecule has 1 atom stereocenters. The van der Waals surface area contributed by atoms with E-state index in [1.165, 1.54) is 0 Å². The Bertz CT molecular complexity index is 578. The molecule has 0 spiro atoms. The van der Waals surface area contributed by atoms with Gasteiger partial charge in [0.25, 0.3) is 0 Å². The van der Waals surface area contributed by atoms with E-state index in [4.69, 9.17) is 4.52 Å². The van der Waals surface area contributed by atoms with Gasteiger partial charge in [-0.2, -0.15) is 0 Å². The number of aliphatic hydroxyl groups is 1. The fourth-order valence-electron chi connectivity index (χ4n) is 2.29. The molecule has 3 rings (SSSR count). The molecule has 5 nitrogen and oxygen atoms in total. The molecule has 0 radical (unpaired) electrons. The van der Waals surface area contributed by atoms with E-state index in [9.17, 15) is 9.90 Å². The number of aliphatic hydroxyl groups excluding tert-OH is 1. The van der Waals surface area contributed by atoms with Gasteiger partial charge in [-0.1, -0.05) is 17.3 Å². The predicted octanol–water partition coefficient (Wildman–Crippen LogP) is 0.964.